The van der Waals surface area contributed by atoms with Crippen molar-refractivity contribution in [1.29, 1.82) is 0 Å². The van der Waals surface area contributed by atoms with Crippen LogP contribution in [0.15, 0.2) is 40.6 Å². The number of hydroxylamine groups is 1. The quantitative estimate of drug-likeness (QED) is 0.422. The molecule has 3 N–H and O–H groups in total. The predicted octanol–water partition coefficient (Wildman–Crippen LogP) is 2.78. The van der Waals surface area contributed by atoms with Crippen molar-refractivity contribution < 1.29 is 27.6 Å². The van der Waals surface area contributed by atoms with Crippen LogP contribution < -0.4 is 10.8 Å². The number of carbonyl (C=O) groups is 2. The minimum absolute atomic E-state index is 0.0164. The van der Waals surface area contributed by atoms with Crippen LogP contribution >= 0.6 is 11.3 Å². The Labute approximate surface area is 201 Å². The van der Waals surface area contributed by atoms with Gasteiger partial charge < -0.3 is 10.2 Å². The lowest BCUT2D eigenvalue weighted by Crippen LogP contribution is -2.62. The van der Waals surface area contributed by atoms with Crippen molar-refractivity contribution in [2.45, 2.75) is 48.4 Å². The molecule has 0 bridgehead atoms. The number of benzene rings is 1. The molecule has 1 saturated heterocycles. The number of rotatable bonds is 5. The largest absolute Gasteiger partial charge is 0.335 e. The Morgan fingerprint density at radius 3 is 2.41 bits per heavy atom. The molecule has 12 heteroatoms. The highest BCUT2D eigenvalue weighted by Gasteiger charge is 2.42. The lowest BCUT2D eigenvalue weighted by molar-refractivity contribution is -0.134. The van der Waals surface area contributed by atoms with E-state index in [2.05, 4.69) is 5.32 Å². The lowest BCUT2D eigenvalue weighted by Gasteiger charge is -2.39. The lowest BCUT2D eigenvalue weighted by atomic mass is 9.96. The number of hydrogen-bond donors (Lipinski definition) is 3. The van der Waals surface area contributed by atoms with Gasteiger partial charge in [0.2, 0.25) is 0 Å². The van der Waals surface area contributed by atoms with Gasteiger partial charge in [0.1, 0.15) is 16.1 Å². The van der Waals surface area contributed by atoms with E-state index in [0.717, 1.165) is 47.7 Å². The fourth-order valence-corrected chi connectivity index (χ4v) is 7.39. The molecule has 1 saturated carbocycles. The summed E-state index contributed by atoms with van der Waals surface area (Å²) < 4.78 is 41.1. The van der Waals surface area contributed by atoms with Crippen LogP contribution in [0, 0.1) is 5.82 Å². The van der Waals surface area contributed by atoms with E-state index in [9.17, 15) is 27.6 Å². The molecule has 184 valence electrons. The summed E-state index contributed by atoms with van der Waals surface area (Å²) in [5, 5.41) is 12.2. The Hall–Kier alpha value is -2.54. The summed E-state index contributed by atoms with van der Waals surface area (Å²) in [6, 6.07) is 7.22. The Morgan fingerprint density at radius 2 is 1.74 bits per heavy atom. The number of carbonyl (C=O) groups excluding carboxylic acids is 2. The molecule has 2 aliphatic rings. The first-order valence-corrected chi connectivity index (χ1v) is 13.4. The predicted molar refractivity (Wildman–Crippen MR) is 124 cm³/mol. The van der Waals surface area contributed by atoms with Gasteiger partial charge in [-0.15, -0.1) is 11.3 Å². The number of hydrogen-bond acceptors (Lipinski definition) is 6. The number of nitrogens with zero attached hydrogens (tertiary/aromatic N) is 2. The maximum absolute atomic E-state index is 13.4. The maximum Gasteiger partial charge on any atom is 0.317 e. The molecule has 34 heavy (non-hydrogen) atoms. The van der Waals surface area contributed by atoms with Gasteiger partial charge in [0, 0.05) is 30.6 Å². The van der Waals surface area contributed by atoms with E-state index in [1.807, 2.05) is 0 Å². The summed E-state index contributed by atoms with van der Waals surface area (Å²) >= 11 is 1.00. The van der Waals surface area contributed by atoms with Crippen molar-refractivity contribution in [3.05, 3.63) is 42.2 Å². The molecule has 1 atom stereocenters. The van der Waals surface area contributed by atoms with Crippen LogP contribution in [-0.4, -0.2) is 66.5 Å². The van der Waals surface area contributed by atoms with Crippen LogP contribution in [0.5, 0.6) is 0 Å². The summed E-state index contributed by atoms with van der Waals surface area (Å²) in [5.41, 5.74) is 2.20. The fourth-order valence-electron chi connectivity index (χ4n) is 4.38. The van der Waals surface area contributed by atoms with Crippen molar-refractivity contribution >= 4 is 33.3 Å². The molecule has 0 radical (unpaired) electrons. The molecule has 3 amide bonds. The van der Waals surface area contributed by atoms with E-state index in [1.165, 1.54) is 28.6 Å². The summed E-state index contributed by atoms with van der Waals surface area (Å²) in [4.78, 5) is 27.2. The second-order valence-corrected chi connectivity index (χ2v) is 11.7. The minimum Gasteiger partial charge on any atom is -0.335 e. The van der Waals surface area contributed by atoms with E-state index in [4.69, 9.17) is 0 Å². The smallest absolute Gasteiger partial charge is 0.317 e. The van der Waals surface area contributed by atoms with Crippen molar-refractivity contribution in [3.63, 3.8) is 0 Å². The van der Waals surface area contributed by atoms with Gasteiger partial charge in [-0.1, -0.05) is 31.4 Å². The van der Waals surface area contributed by atoms with Gasteiger partial charge in [-0.2, -0.15) is 4.31 Å². The van der Waals surface area contributed by atoms with Gasteiger partial charge >= 0.3 is 6.03 Å². The molecule has 1 aromatic heterocycles. The van der Waals surface area contributed by atoms with Gasteiger partial charge in [0.05, 0.1) is 0 Å². The Morgan fingerprint density at radius 1 is 1.03 bits per heavy atom. The van der Waals surface area contributed by atoms with Crippen molar-refractivity contribution in [3.8, 4) is 10.4 Å². The molecule has 2 heterocycles. The number of thiophene rings is 1. The zero-order valence-electron chi connectivity index (χ0n) is 18.4. The molecular weight excluding hydrogens is 483 g/mol. The average Bonchev–Trinajstić information content (AvgIpc) is 3.35. The number of amides is 3. The highest BCUT2D eigenvalue weighted by molar-refractivity contribution is 7.91. The number of halogens is 1. The second-order valence-electron chi connectivity index (χ2n) is 8.46. The molecule has 2 fully saturated rings. The first kappa shape index (κ1) is 24.6. The van der Waals surface area contributed by atoms with Gasteiger partial charge in [0.15, 0.2) is 0 Å². The third-order valence-electron chi connectivity index (χ3n) is 6.24. The van der Waals surface area contributed by atoms with Crippen molar-refractivity contribution in [2.75, 3.05) is 19.6 Å². The number of nitrogens with one attached hydrogen (secondary N) is 2. The normalized spacial score (nSPS) is 20.2. The number of urea groups is 1. The summed E-state index contributed by atoms with van der Waals surface area (Å²) in [5.74, 6) is -1.30. The third kappa shape index (κ3) is 5.24. The van der Waals surface area contributed by atoms with E-state index >= 15 is 0 Å². The topological polar surface area (TPSA) is 119 Å². The molecular formula is C22H27FN4O5S2. The molecule has 1 aromatic carbocycles. The first-order chi connectivity index (χ1) is 16.3. The number of sulfonamides is 1. The molecule has 0 unspecified atom stereocenters. The van der Waals surface area contributed by atoms with Crippen LogP contribution in [0.2, 0.25) is 0 Å². The van der Waals surface area contributed by atoms with E-state index in [0.29, 0.717) is 10.4 Å². The Balaban J connectivity index is 1.51. The zero-order valence-corrected chi connectivity index (χ0v) is 20.1. The maximum atomic E-state index is 13.4. The van der Waals surface area contributed by atoms with E-state index in [-0.39, 0.29) is 35.9 Å². The fraction of sp³-hybridized carbons (Fsp3) is 0.455. The third-order valence-corrected chi connectivity index (χ3v) is 9.75. The first-order valence-electron chi connectivity index (χ1n) is 11.2. The monoisotopic (exact) mass is 510 g/mol. The highest BCUT2D eigenvalue weighted by Crippen LogP contribution is 2.33. The highest BCUT2D eigenvalue weighted by atomic mass is 32.2. The molecule has 4 rings (SSSR count). The van der Waals surface area contributed by atoms with E-state index in [1.54, 1.807) is 18.2 Å². The molecule has 2 aromatic rings. The molecule has 9 nitrogen and oxygen atoms in total. The van der Waals surface area contributed by atoms with Crippen molar-refractivity contribution in [1.82, 2.24) is 20.0 Å². The number of piperazine rings is 1. The van der Waals surface area contributed by atoms with E-state index < -0.39 is 27.8 Å². The summed E-state index contributed by atoms with van der Waals surface area (Å²) in [6.45, 7) is -0.161. The van der Waals surface area contributed by atoms with Crippen LogP contribution in [0.1, 0.15) is 32.1 Å². The average molecular weight is 511 g/mol. The zero-order chi connectivity index (χ0) is 24.3. The Kier molecular flexibility index (Phi) is 7.51. The van der Waals surface area contributed by atoms with Crippen LogP contribution in [-0.2, 0) is 14.8 Å². The van der Waals surface area contributed by atoms with Gasteiger partial charge in [0.25, 0.3) is 15.9 Å². The van der Waals surface area contributed by atoms with Gasteiger partial charge in [-0.25, -0.2) is 23.1 Å². The molecule has 0 spiro atoms. The molecule has 1 aliphatic carbocycles. The van der Waals surface area contributed by atoms with Crippen LogP contribution in [0.4, 0.5) is 9.18 Å². The second kappa shape index (κ2) is 10.4. The van der Waals surface area contributed by atoms with Gasteiger partial charge in [-0.05, 0) is 42.7 Å². The summed E-state index contributed by atoms with van der Waals surface area (Å²) in [7, 11) is -4.09. The summed E-state index contributed by atoms with van der Waals surface area (Å²) in [6.07, 6.45) is 5.04. The van der Waals surface area contributed by atoms with Crippen LogP contribution in [0.3, 0.4) is 0 Å². The minimum atomic E-state index is -4.09. The Bertz CT molecular complexity index is 1130. The SMILES string of the molecule is O=C(NO)[C@H]1CN(C(=O)NC2CCCCC2)CCN1S(=O)(=O)c1ccc(-c2ccc(F)cc2)s1. The van der Waals surface area contributed by atoms with Crippen molar-refractivity contribution in [2.24, 2.45) is 0 Å². The molecule has 1 aliphatic heterocycles. The standard InChI is InChI=1S/C22H27FN4O5S2/c23-16-8-6-15(7-9-16)19-10-11-20(33-19)34(31,32)27-13-12-26(14-18(27)21(28)25-30)22(29)24-17-4-2-1-3-5-17/h6-11,17-18,30H,1-5,12-14H2,(H,24,29)(H,25,28)/t18-/m1/s1. The van der Waals surface area contributed by atoms with Crippen LogP contribution in [0.25, 0.3) is 10.4 Å². The van der Waals surface area contributed by atoms with Gasteiger partial charge in [-0.3, -0.25) is 10.0 Å².